The van der Waals surface area contributed by atoms with Crippen LogP contribution in [0.3, 0.4) is 0 Å². The van der Waals surface area contributed by atoms with Gasteiger partial charge in [-0.15, -0.1) is 0 Å². The van der Waals surface area contributed by atoms with Crippen LogP contribution in [0.15, 0.2) is 34.9 Å². The Morgan fingerprint density at radius 1 is 1.36 bits per heavy atom. The van der Waals surface area contributed by atoms with Gasteiger partial charge in [-0.2, -0.15) is 4.98 Å². The summed E-state index contributed by atoms with van der Waals surface area (Å²) in [6.45, 7) is 4.19. The van der Waals surface area contributed by atoms with Crippen molar-refractivity contribution in [3.05, 3.63) is 47.6 Å². The lowest BCUT2D eigenvalue weighted by atomic mass is 10.1. The first kappa shape index (κ1) is 17.4. The van der Waals surface area contributed by atoms with E-state index < -0.39 is 0 Å². The van der Waals surface area contributed by atoms with E-state index >= 15 is 0 Å². The fraction of sp³-hybridized carbons (Fsp3) is 0.500. The maximum absolute atomic E-state index is 12.3. The summed E-state index contributed by atoms with van der Waals surface area (Å²) in [5.74, 6) is 1.25. The zero-order chi connectivity index (χ0) is 17.5. The molecule has 2 aromatic rings. The Morgan fingerprint density at radius 2 is 2.20 bits per heavy atom. The van der Waals surface area contributed by atoms with Gasteiger partial charge in [-0.05, 0) is 18.9 Å². The molecule has 3 rings (SSSR count). The highest BCUT2D eigenvalue weighted by molar-refractivity contribution is 5.74. The number of benzene rings is 1. The molecule has 2 heterocycles. The van der Waals surface area contributed by atoms with Gasteiger partial charge < -0.3 is 19.5 Å². The van der Waals surface area contributed by atoms with Gasteiger partial charge in [0.2, 0.25) is 5.89 Å². The average molecular weight is 344 g/mol. The van der Waals surface area contributed by atoms with Gasteiger partial charge in [-0.1, -0.05) is 35.5 Å². The van der Waals surface area contributed by atoms with Crippen molar-refractivity contribution < 1.29 is 14.1 Å². The third kappa shape index (κ3) is 5.29. The molecule has 7 nitrogen and oxygen atoms in total. The van der Waals surface area contributed by atoms with E-state index in [1.54, 1.807) is 6.92 Å². The van der Waals surface area contributed by atoms with Crippen molar-refractivity contribution in [1.82, 2.24) is 20.4 Å². The number of hydrogen-bond donors (Lipinski definition) is 1. The number of rotatable bonds is 6. The smallest absolute Gasteiger partial charge is 0.317 e. The molecule has 1 N–H and O–H groups in total. The summed E-state index contributed by atoms with van der Waals surface area (Å²) in [6.07, 6.45) is 2.30. The number of nitrogens with zero attached hydrogens (tertiary/aromatic N) is 3. The molecule has 25 heavy (non-hydrogen) atoms. The molecule has 1 aliphatic rings. The molecule has 1 atom stereocenters. The molecule has 0 saturated carbocycles. The van der Waals surface area contributed by atoms with Gasteiger partial charge >= 0.3 is 6.03 Å². The normalized spacial score (nSPS) is 17.5. The number of amides is 2. The van der Waals surface area contributed by atoms with Crippen LogP contribution in [0.1, 0.15) is 23.7 Å². The van der Waals surface area contributed by atoms with E-state index in [0.717, 1.165) is 12.8 Å². The number of morpholine rings is 1. The summed E-state index contributed by atoms with van der Waals surface area (Å²) in [4.78, 5) is 18.3. The van der Waals surface area contributed by atoms with Gasteiger partial charge in [0, 0.05) is 32.5 Å². The molecule has 1 fully saturated rings. The summed E-state index contributed by atoms with van der Waals surface area (Å²) in [5.41, 5.74) is 1.23. The number of carbonyl (C=O) groups excluding carboxylic acids is 1. The number of hydrogen-bond acceptors (Lipinski definition) is 5. The second kappa shape index (κ2) is 8.62. The Morgan fingerprint density at radius 3 is 2.96 bits per heavy atom. The Bertz CT molecular complexity index is 674. The predicted octanol–water partition coefficient (Wildman–Crippen LogP) is 1.96. The van der Waals surface area contributed by atoms with E-state index in [9.17, 15) is 4.79 Å². The van der Waals surface area contributed by atoms with Gasteiger partial charge in [0.15, 0.2) is 5.82 Å². The maximum Gasteiger partial charge on any atom is 0.317 e. The maximum atomic E-state index is 12.3. The molecule has 1 saturated heterocycles. The molecule has 2 amide bonds. The molecule has 0 radical (unpaired) electrons. The van der Waals surface area contributed by atoms with E-state index in [2.05, 4.69) is 27.6 Å². The highest BCUT2D eigenvalue weighted by Gasteiger charge is 2.24. The van der Waals surface area contributed by atoms with Crippen LogP contribution >= 0.6 is 0 Å². The first-order valence-corrected chi connectivity index (χ1v) is 8.68. The highest BCUT2D eigenvalue weighted by Crippen LogP contribution is 2.12. The molecular weight excluding hydrogens is 320 g/mol. The van der Waals surface area contributed by atoms with E-state index in [1.807, 2.05) is 23.1 Å². The molecule has 1 aromatic carbocycles. The van der Waals surface area contributed by atoms with Gasteiger partial charge in [0.1, 0.15) is 0 Å². The average Bonchev–Trinajstić information content (AvgIpc) is 3.05. The largest absolute Gasteiger partial charge is 0.374 e. The molecule has 1 aliphatic heterocycles. The number of aryl methyl sites for hydroxylation is 2. The second-order valence-electron chi connectivity index (χ2n) is 6.20. The molecule has 1 unspecified atom stereocenters. The molecule has 134 valence electrons. The van der Waals surface area contributed by atoms with Crippen LogP contribution in [0.2, 0.25) is 0 Å². The fourth-order valence-corrected chi connectivity index (χ4v) is 2.89. The van der Waals surface area contributed by atoms with Crippen LogP contribution in [0.5, 0.6) is 0 Å². The number of nitrogens with one attached hydrogen (secondary N) is 1. The number of ether oxygens (including phenoxy) is 1. The fourth-order valence-electron chi connectivity index (χ4n) is 2.89. The van der Waals surface area contributed by atoms with E-state index in [-0.39, 0.29) is 12.1 Å². The van der Waals surface area contributed by atoms with E-state index in [4.69, 9.17) is 9.26 Å². The number of carbonyl (C=O) groups is 1. The second-order valence-corrected chi connectivity index (χ2v) is 6.20. The lowest BCUT2D eigenvalue weighted by molar-refractivity contribution is -0.0132. The van der Waals surface area contributed by atoms with Crippen molar-refractivity contribution >= 4 is 6.03 Å². The minimum absolute atomic E-state index is 0.0388. The van der Waals surface area contributed by atoms with Gasteiger partial charge in [0.05, 0.1) is 12.7 Å². The Labute approximate surface area is 147 Å². The standard InChI is InChI=1S/C18H24N4O3/c1-14-20-17(25-21-14)8-5-9-19-18(23)22-10-11-24-16(13-22)12-15-6-3-2-4-7-15/h2-4,6-7,16H,5,8-13H2,1H3,(H,19,23). The van der Waals surface area contributed by atoms with Crippen molar-refractivity contribution in [2.45, 2.75) is 32.3 Å². The summed E-state index contributed by atoms with van der Waals surface area (Å²) < 4.78 is 10.9. The molecule has 0 aliphatic carbocycles. The topological polar surface area (TPSA) is 80.5 Å². The highest BCUT2D eigenvalue weighted by atomic mass is 16.5. The summed E-state index contributed by atoms with van der Waals surface area (Å²) in [7, 11) is 0. The first-order chi connectivity index (χ1) is 12.2. The van der Waals surface area contributed by atoms with Gasteiger partial charge in [0.25, 0.3) is 0 Å². The summed E-state index contributed by atoms with van der Waals surface area (Å²) in [5, 5.41) is 6.71. The molecule has 0 spiro atoms. The van der Waals surface area contributed by atoms with Crippen LogP contribution in [-0.2, 0) is 17.6 Å². The molecule has 7 heteroatoms. The lowest BCUT2D eigenvalue weighted by Crippen LogP contribution is -2.50. The van der Waals surface area contributed by atoms with Crippen molar-refractivity contribution in [3.8, 4) is 0 Å². The van der Waals surface area contributed by atoms with Crippen molar-refractivity contribution in [2.24, 2.45) is 0 Å². The zero-order valence-corrected chi connectivity index (χ0v) is 14.5. The van der Waals surface area contributed by atoms with E-state index in [1.165, 1.54) is 5.56 Å². The predicted molar refractivity (Wildman–Crippen MR) is 92.2 cm³/mol. The van der Waals surface area contributed by atoms with Crippen LogP contribution in [0.25, 0.3) is 0 Å². The minimum Gasteiger partial charge on any atom is -0.374 e. The first-order valence-electron chi connectivity index (χ1n) is 8.68. The summed E-state index contributed by atoms with van der Waals surface area (Å²) >= 11 is 0. The van der Waals surface area contributed by atoms with Crippen LogP contribution < -0.4 is 5.32 Å². The van der Waals surface area contributed by atoms with Crippen LogP contribution in [0.4, 0.5) is 4.79 Å². The third-order valence-electron chi connectivity index (χ3n) is 4.15. The van der Waals surface area contributed by atoms with Crippen molar-refractivity contribution in [2.75, 3.05) is 26.2 Å². The minimum atomic E-state index is -0.0388. The van der Waals surface area contributed by atoms with Crippen LogP contribution in [-0.4, -0.2) is 53.4 Å². The van der Waals surface area contributed by atoms with Crippen molar-refractivity contribution in [3.63, 3.8) is 0 Å². The zero-order valence-electron chi connectivity index (χ0n) is 14.5. The van der Waals surface area contributed by atoms with Crippen molar-refractivity contribution in [1.29, 1.82) is 0 Å². The molecular formula is C18H24N4O3. The SMILES string of the molecule is Cc1noc(CCCNC(=O)N2CCOC(Cc3ccccc3)C2)n1. The third-order valence-corrected chi connectivity index (χ3v) is 4.15. The Balaban J connectivity index is 1.39. The summed E-state index contributed by atoms with van der Waals surface area (Å²) in [6, 6.07) is 10.2. The quantitative estimate of drug-likeness (QED) is 0.810. The number of urea groups is 1. The number of aromatic nitrogens is 2. The molecule has 0 bridgehead atoms. The van der Waals surface area contributed by atoms with Crippen LogP contribution in [0, 0.1) is 6.92 Å². The van der Waals surface area contributed by atoms with E-state index in [0.29, 0.717) is 44.4 Å². The molecule has 1 aromatic heterocycles. The van der Waals surface area contributed by atoms with Gasteiger partial charge in [-0.3, -0.25) is 0 Å². The van der Waals surface area contributed by atoms with Gasteiger partial charge in [-0.25, -0.2) is 4.79 Å². The lowest BCUT2D eigenvalue weighted by Gasteiger charge is -2.33. The Kier molecular flexibility index (Phi) is 6.00. The monoisotopic (exact) mass is 344 g/mol. The Hall–Kier alpha value is -2.41.